The molecular formula is C14H15FN2O3S. The van der Waals surface area contributed by atoms with E-state index in [0.717, 1.165) is 16.4 Å². The highest BCUT2D eigenvalue weighted by Crippen LogP contribution is 2.24. The summed E-state index contributed by atoms with van der Waals surface area (Å²) in [5.41, 5.74) is 6.30. The van der Waals surface area contributed by atoms with Crippen LogP contribution in [0.25, 0.3) is 0 Å². The molecule has 3 N–H and O–H groups in total. The van der Waals surface area contributed by atoms with Crippen molar-refractivity contribution in [2.75, 3.05) is 12.8 Å². The predicted octanol–water partition coefficient (Wildman–Crippen LogP) is 1.93. The maximum Gasteiger partial charge on any atom is 0.245 e. The first kappa shape index (κ1) is 15.3. The highest BCUT2D eigenvalue weighted by atomic mass is 32.2. The molecular weight excluding hydrogens is 295 g/mol. The molecule has 0 saturated carbocycles. The Kier molecular flexibility index (Phi) is 4.15. The van der Waals surface area contributed by atoms with Crippen LogP contribution in [0.5, 0.6) is 5.75 Å². The highest BCUT2D eigenvalue weighted by molar-refractivity contribution is 7.89. The third kappa shape index (κ3) is 3.32. The molecule has 2 rings (SSSR count). The van der Waals surface area contributed by atoms with Crippen LogP contribution in [0.15, 0.2) is 47.4 Å². The van der Waals surface area contributed by atoms with E-state index in [1.165, 1.54) is 25.2 Å². The van der Waals surface area contributed by atoms with Gasteiger partial charge in [0.05, 0.1) is 5.69 Å². The monoisotopic (exact) mass is 310 g/mol. The molecule has 0 fully saturated rings. The lowest BCUT2D eigenvalue weighted by Gasteiger charge is -2.18. The van der Waals surface area contributed by atoms with Crippen LogP contribution in [-0.4, -0.2) is 24.9 Å². The zero-order valence-electron chi connectivity index (χ0n) is 11.3. The zero-order chi connectivity index (χ0) is 15.6. The predicted molar refractivity (Wildman–Crippen MR) is 77.6 cm³/mol. The molecule has 2 aromatic rings. The molecule has 5 nitrogen and oxygen atoms in total. The number of phenols is 1. The zero-order valence-corrected chi connectivity index (χ0v) is 12.1. The molecule has 7 heteroatoms. The van der Waals surface area contributed by atoms with E-state index < -0.39 is 15.8 Å². The van der Waals surface area contributed by atoms with Crippen LogP contribution in [0.2, 0.25) is 0 Å². The van der Waals surface area contributed by atoms with Crippen LogP contribution >= 0.6 is 0 Å². The van der Waals surface area contributed by atoms with E-state index in [9.17, 15) is 17.9 Å². The summed E-state index contributed by atoms with van der Waals surface area (Å²) in [6.45, 7) is 0.0819. The SMILES string of the molecule is CN(Cc1ccc(O)cc1)S(=O)(=O)c1cc(F)ccc1N. The van der Waals surface area contributed by atoms with Gasteiger partial charge in [-0.3, -0.25) is 0 Å². The van der Waals surface area contributed by atoms with E-state index >= 15 is 0 Å². The lowest BCUT2D eigenvalue weighted by atomic mass is 10.2. The maximum absolute atomic E-state index is 13.2. The Morgan fingerprint density at radius 3 is 2.43 bits per heavy atom. The first-order chi connectivity index (χ1) is 9.80. The number of hydrogen-bond donors (Lipinski definition) is 2. The van der Waals surface area contributed by atoms with Gasteiger partial charge in [0.1, 0.15) is 16.5 Å². The van der Waals surface area contributed by atoms with Crippen LogP contribution in [0.1, 0.15) is 5.56 Å². The number of nitrogens with two attached hydrogens (primary N) is 1. The first-order valence-electron chi connectivity index (χ1n) is 6.10. The number of aromatic hydroxyl groups is 1. The minimum atomic E-state index is -3.89. The number of halogens is 1. The Hall–Kier alpha value is -2.12. The summed E-state index contributed by atoms with van der Waals surface area (Å²) < 4.78 is 39.1. The summed E-state index contributed by atoms with van der Waals surface area (Å²) in [6, 6.07) is 9.37. The van der Waals surface area contributed by atoms with Gasteiger partial charge in [-0.1, -0.05) is 12.1 Å². The molecule has 0 spiro atoms. The molecule has 0 aliphatic heterocycles. The van der Waals surface area contributed by atoms with Crippen LogP contribution in [-0.2, 0) is 16.6 Å². The lowest BCUT2D eigenvalue weighted by molar-refractivity contribution is 0.463. The molecule has 0 aliphatic rings. The van der Waals surface area contributed by atoms with Gasteiger partial charge in [0.2, 0.25) is 10.0 Å². The van der Waals surface area contributed by atoms with Gasteiger partial charge < -0.3 is 10.8 Å². The summed E-state index contributed by atoms with van der Waals surface area (Å²) in [6.07, 6.45) is 0. The topological polar surface area (TPSA) is 83.6 Å². The molecule has 112 valence electrons. The van der Waals surface area contributed by atoms with Crippen molar-refractivity contribution in [2.45, 2.75) is 11.4 Å². The van der Waals surface area contributed by atoms with Gasteiger partial charge in [0.15, 0.2) is 0 Å². The smallest absolute Gasteiger partial charge is 0.245 e. The van der Waals surface area contributed by atoms with Gasteiger partial charge in [-0.2, -0.15) is 4.31 Å². The second-order valence-electron chi connectivity index (χ2n) is 4.61. The lowest BCUT2D eigenvalue weighted by Crippen LogP contribution is -2.27. The molecule has 2 aromatic carbocycles. The quantitative estimate of drug-likeness (QED) is 0.845. The summed E-state index contributed by atoms with van der Waals surface area (Å²) in [5.74, 6) is -0.570. The van der Waals surface area contributed by atoms with Gasteiger partial charge in [-0.15, -0.1) is 0 Å². The van der Waals surface area contributed by atoms with Gasteiger partial charge in [-0.05, 0) is 35.9 Å². The fourth-order valence-electron chi connectivity index (χ4n) is 1.84. The van der Waals surface area contributed by atoms with Gasteiger partial charge in [0.25, 0.3) is 0 Å². The molecule has 0 heterocycles. The van der Waals surface area contributed by atoms with E-state index in [4.69, 9.17) is 5.73 Å². The van der Waals surface area contributed by atoms with E-state index in [-0.39, 0.29) is 22.9 Å². The van der Waals surface area contributed by atoms with E-state index in [1.54, 1.807) is 12.1 Å². The van der Waals surface area contributed by atoms with Crippen LogP contribution < -0.4 is 5.73 Å². The van der Waals surface area contributed by atoms with E-state index in [1.807, 2.05) is 0 Å². The van der Waals surface area contributed by atoms with E-state index in [0.29, 0.717) is 5.56 Å². The normalized spacial score (nSPS) is 11.8. The number of sulfonamides is 1. The number of anilines is 1. The molecule has 0 radical (unpaired) electrons. The number of hydrogen-bond acceptors (Lipinski definition) is 4. The molecule has 0 bridgehead atoms. The summed E-state index contributed by atoms with van der Waals surface area (Å²) >= 11 is 0. The molecule has 0 amide bonds. The Bertz CT molecular complexity index is 745. The summed E-state index contributed by atoms with van der Waals surface area (Å²) in [4.78, 5) is -0.260. The molecule has 0 unspecified atom stereocenters. The molecule has 0 aliphatic carbocycles. The largest absolute Gasteiger partial charge is 0.508 e. The second-order valence-corrected chi connectivity index (χ2v) is 6.62. The van der Waals surface area contributed by atoms with Gasteiger partial charge in [0, 0.05) is 13.6 Å². The first-order valence-corrected chi connectivity index (χ1v) is 7.54. The number of phenolic OH excluding ortho intramolecular Hbond substituents is 1. The number of nitrogen functional groups attached to an aromatic ring is 1. The maximum atomic E-state index is 13.2. The van der Waals surface area contributed by atoms with Gasteiger partial charge in [-0.25, -0.2) is 12.8 Å². The standard InChI is InChI=1S/C14H15FN2O3S/c1-17(9-10-2-5-12(18)6-3-10)21(19,20)14-8-11(15)4-7-13(14)16/h2-8,18H,9,16H2,1H3. The molecule has 0 atom stereocenters. The molecule has 0 saturated heterocycles. The van der Waals surface area contributed by atoms with Crippen LogP contribution in [0.3, 0.4) is 0 Å². The Labute approximate surface area is 122 Å². The fourth-order valence-corrected chi connectivity index (χ4v) is 3.13. The van der Waals surface area contributed by atoms with Crippen molar-refractivity contribution < 1.29 is 17.9 Å². The average molecular weight is 310 g/mol. The van der Waals surface area contributed by atoms with Crippen LogP contribution in [0.4, 0.5) is 10.1 Å². The minimum absolute atomic E-state index is 0.00560. The molecule has 21 heavy (non-hydrogen) atoms. The Morgan fingerprint density at radius 1 is 1.19 bits per heavy atom. The highest BCUT2D eigenvalue weighted by Gasteiger charge is 2.24. The number of nitrogens with zero attached hydrogens (tertiary/aromatic N) is 1. The minimum Gasteiger partial charge on any atom is -0.508 e. The Balaban J connectivity index is 2.30. The van der Waals surface area contributed by atoms with Crippen molar-refractivity contribution in [1.82, 2.24) is 4.31 Å². The van der Waals surface area contributed by atoms with E-state index in [2.05, 4.69) is 0 Å². The van der Waals surface area contributed by atoms with Crippen molar-refractivity contribution in [2.24, 2.45) is 0 Å². The fraction of sp³-hybridized carbons (Fsp3) is 0.143. The van der Waals surface area contributed by atoms with Crippen molar-refractivity contribution in [3.63, 3.8) is 0 Å². The van der Waals surface area contributed by atoms with Crippen molar-refractivity contribution in [3.8, 4) is 5.75 Å². The second kappa shape index (κ2) is 5.71. The average Bonchev–Trinajstić information content (AvgIpc) is 2.43. The van der Waals surface area contributed by atoms with Crippen molar-refractivity contribution in [3.05, 3.63) is 53.8 Å². The van der Waals surface area contributed by atoms with Crippen molar-refractivity contribution >= 4 is 15.7 Å². The number of rotatable bonds is 4. The number of benzene rings is 2. The van der Waals surface area contributed by atoms with Gasteiger partial charge >= 0.3 is 0 Å². The Morgan fingerprint density at radius 2 is 1.81 bits per heavy atom. The third-order valence-corrected chi connectivity index (χ3v) is 4.86. The summed E-state index contributed by atoms with van der Waals surface area (Å²) in [7, 11) is -2.51. The van der Waals surface area contributed by atoms with Crippen LogP contribution in [0, 0.1) is 5.82 Å². The molecule has 0 aromatic heterocycles. The van der Waals surface area contributed by atoms with Crippen molar-refractivity contribution in [1.29, 1.82) is 0 Å². The summed E-state index contributed by atoms with van der Waals surface area (Å²) in [5, 5.41) is 9.21. The third-order valence-electron chi connectivity index (χ3n) is 3.01.